The second kappa shape index (κ2) is 6.24. The summed E-state index contributed by atoms with van der Waals surface area (Å²) in [4.78, 5) is 22.0. The van der Waals surface area contributed by atoms with Gasteiger partial charge in [0.1, 0.15) is 0 Å². The number of aromatic nitrogens is 2. The minimum atomic E-state index is 0.0633. The number of carbonyl (C=O) groups excluding carboxylic acids is 1. The molecular formula is C19H21N3O. The van der Waals surface area contributed by atoms with Gasteiger partial charge in [0, 0.05) is 42.6 Å². The average Bonchev–Trinajstić information content (AvgIpc) is 2.88. The van der Waals surface area contributed by atoms with E-state index in [1.807, 2.05) is 39.1 Å². The number of hydrogen-bond acceptors (Lipinski definition) is 2. The molecule has 4 nitrogen and oxygen atoms in total. The van der Waals surface area contributed by atoms with Gasteiger partial charge in [0.25, 0.3) is 5.91 Å². The Morgan fingerprint density at radius 1 is 1.17 bits per heavy atom. The summed E-state index contributed by atoms with van der Waals surface area (Å²) in [5, 5.41) is 1.00. The Kier molecular flexibility index (Phi) is 4.15. The molecule has 1 amide bonds. The van der Waals surface area contributed by atoms with Crippen LogP contribution in [0.2, 0.25) is 0 Å². The summed E-state index contributed by atoms with van der Waals surface area (Å²) in [7, 11) is 1.86. The Morgan fingerprint density at radius 2 is 1.91 bits per heavy atom. The zero-order valence-electron chi connectivity index (χ0n) is 13.8. The summed E-state index contributed by atoms with van der Waals surface area (Å²) in [5.74, 6) is 0.0633. The summed E-state index contributed by atoms with van der Waals surface area (Å²) in [5.41, 5.74) is 5.06. The highest BCUT2D eigenvalue weighted by molar-refractivity contribution is 6.08. The number of pyridine rings is 1. The van der Waals surface area contributed by atoms with Gasteiger partial charge >= 0.3 is 0 Å². The molecule has 3 rings (SSSR count). The van der Waals surface area contributed by atoms with Crippen LogP contribution >= 0.6 is 0 Å². The lowest BCUT2D eigenvalue weighted by atomic mass is 10.1. The van der Waals surface area contributed by atoms with E-state index in [4.69, 9.17) is 0 Å². The first-order valence-corrected chi connectivity index (χ1v) is 7.79. The second-order valence-electron chi connectivity index (χ2n) is 6.01. The fourth-order valence-corrected chi connectivity index (χ4v) is 2.85. The van der Waals surface area contributed by atoms with E-state index in [9.17, 15) is 4.79 Å². The number of nitrogens with one attached hydrogen (secondary N) is 1. The molecule has 3 aromatic rings. The number of benzene rings is 1. The van der Waals surface area contributed by atoms with E-state index in [1.54, 1.807) is 17.3 Å². The van der Waals surface area contributed by atoms with Crippen LogP contribution in [0.5, 0.6) is 0 Å². The SMILES string of the molecule is Cc1ccc2[nH]c(C)c(C(=O)N(C)CCc3ccncc3)c2c1. The number of amides is 1. The summed E-state index contributed by atoms with van der Waals surface area (Å²) < 4.78 is 0. The first-order chi connectivity index (χ1) is 11.1. The molecule has 0 fully saturated rings. The van der Waals surface area contributed by atoms with Crippen LogP contribution in [0.15, 0.2) is 42.7 Å². The minimum absolute atomic E-state index is 0.0633. The Hall–Kier alpha value is -2.62. The zero-order valence-corrected chi connectivity index (χ0v) is 13.8. The van der Waals surface area contributed by atoms with E-state index < -0.39 is 0 Å². The summed E-state index contributed by atoms with van der Waals surface area (Å²) in [6, 6.07) is 10.1. The highest BCUT2D eigenvalue weighted by atomic mass is 16.2. The van der Waals surface area contributed by atoms with Gasteiger partial charge in [-0.15, -0.1) is 0 Å². The van der Waals surface area contributed by atoms with E-state index >= 15 is 0 Å². The van der Waals surface area contributed by atoms with Crippen molar-refractivity contribution >= 4 is 16.8 Å². The third-order valence-electron chi connectivity index (χ3n) is 4.19. The van der Waals surface area contributed by atoms with Crippen molar-refractivity contribution in [2.75, 3.05) is 13.6 Å². The van der Waals surface area contributed by atoms with Gasteiger partial charge in [-0.05, 0) is 50.1 Å². The number of hydrogen-bond donors (Lipinski definition) is 1. The van der Waals surface area contributed by atoms with Crippen LogP contribution in [0.25, 0.3) is 10.9 Å². The monoisotopic (exact) mass is 307 g/mol. The maximum absolute atomic E-state index is 12.9. The number of fused-ring (bicyclic) bond motifs is 1. The lowest BCUT2D eigenvalue weighted by Crippen LogP contribution is -2.29. The molecule has 118 valence electrons. The van der Waals surface area contributed by atoms with Crippen LogP contribution in [0.4, 0.5) is 0 Å². The smallest absolute Gasteiger partial charge is 0.256 e. The predicted molar refractivity (Wildman–Crippen MR) is 92.7 cm³/mol. The molecule has 23 heavy (non-hydrogen) atoms. The van der Waals surface area contributed by atoms with Gasteiger partial charge in [0.05, 0.1) is 5.56 Å². The van der Waals surface area contributed by atoms with Crippen LogP contribution in [-0.2, 0) is 6.42 Å². The third kappa shape index (κ3) is 3.11. The van der Waals surface area contributed by atoms with E-state index in [2.05, 4.69) is 22.1 Å². The van der Waals surface area contributed by atoms with Crippen molar-refractivity contribution in [3.05, 3.63) is 65.1 Å². The molecule has 0 unspecified atom stereocenters. The molecule has 1 N–H and O–H groups in total. The maximum Gasteiger partial charge on any atom is 0.256 e. The molecule has 2 heterocycles. The van der Waals surface area contributed by atoms with Gasteiger partial charge in [-0.25, -0.2) is 0 Å². The molecular weight excluding hydrogens is 286 g/mol. The molecule has 2 aromatic heterocycles. The van der Waals surface area contributed by atoms with E-state index in [0.29, 0.717) is 6.54 Å². The van der Waals surface area contributed by atoms with E-state index in [-0.39, 0.29) is 5.91 Å². The lowest BCUT2D eigenvalue weighted by Gasteiger charge is -2.17. The first-order valence-electron chi connectivity index (χ1n) is 7.79. The second-order valence-corrected chi connectivity index (χ2v) is 6.01. The Balaban J connectivity index is 1.82. The van der Waals surface area contributed by atoms with Gasteiger partial charge in [-0.1, -0.05) is 11.6 Å². The molecule has 0 atom stereocenters. The summed E-state index contributed by atoms with van der Waals surface area (Å²) >= 11 is 0. The van der Waals surface area contributed by atoms with Crippen molar-refractivity contribution in [3.8, 4) is 0 Å². The quantitative estimate of drug-likeness (QED) is 0.802. The number of aryl methyl sites for hydroxylation is 2. The van der Waals surface area contributed by atoms with Gasteiger partial charge in [0.2, 0.25) is 0 Å². The molecule has 0 bridgehead atoms. The number of carbonyl (C=O) groups is 1. The topological polar surface area (TPSA) is 49.0 Å². The van der Waals surface area contributed by atoms with Crippen molar-refractivity contribution in [1.82, 2.24) is 14.9 Å². The summed E-state index contributed by atoms with van der Waals surface area (Å²) in [6.07, 6.45) is 4.39. The molecule has 1 aromatic carbocycles. The summed E-state index contributed by atoms with van der Waals surface area (Å²) in [6.45, 7) is 4.68. The van der Waals surface area contributed by atoms with Crippen molar-refractivity contribution in [3.63, 3.8) is 0 Å². The van der Waals surface area contributed by atoms with E-state index in [1.165, 1.54) is 5.56 Å². The highest BCUT2D eigenvalue weighted by Gasteiger charge is 2.19. The van der Waals surface area contributed by atoms with Crippen molar-refractivity contribution < 1.29 is 4.79 Å². The average molecular weight is 307 g/mol. The number of likely N-dealkylation sites (N-methyl/N-ethyl adjacent to an activating group) is 1. The molecule has 0 aliphatic heterocycles. The highest BCUT2D eigenvalue weighted by Crippen LogP contribution is 2.24. The predicted octanol–water partition coefficient (Wildman–Crippen LogP) is 3.49. The Morgan fingerprint density at radius 3 is 2.65 bits per heavy atom. The number of aromatic amines is 1. The van der Waals surface area contributed by atoms with Crippen LogP contribution < -0.4 is 0 Å². The lowest BCUT2D eigenvalue weighted by molar-refractivity contribution is 0.0798. The number of nitrogens with zero attached hydrogens (tertiary/aromatic N) is 2. The first kappa shape index (κ1) is 15.3. The van der Waals surface area contributed by atoms with E-state index in [0.717, 1.165) is 34.1 Å². The Labute approximate surface area is 136 Å². The third-order valence-corrected chi connectivity index (χ3v) is 4.19. The normalized spacial score (nSPS) is 10.9. The van der Waals surface area contributed by atoms with Crippen LogP contribution in [-0.4, -0.2) is 34.4 Å². The van der Waals surface area contributed by atoms with Crippen molar-refractivity contribution in [2.24, 2.45) is 0 Å². The fourth-order valence-electron chi connectivity index (χ4n) is 2.85. The van der Waals surface area contributed by atoms with Crippen molar-refractivity contribution in [1.29, 1.82) is 0 Å². The van der Waals surface area contributed by atoms with Gasteiger partial charge < -0.3 is 9.88 Å². The maximum atomic E-state index is 12.9. The minimum Gasteiger partial charge on any atom is -0.358 e. The number of H-pyrrole nitrogens is 1. The standard InChI is InChI=1S/C19H21N3O/c1-13-4-5-17-16(12-13)18(14(2)21-17)19(23)22(3)11-8-15-6-9-20-10-7-15/h4-7,9-10,12,21H,8,11H2,1-3H3. The van der Waals surface area contributed by atoms with Gasteiger partial charge in [0.15, 0.2) is 0 Å². The molecule has 4 heteroatoms. The van der Waals surface area contributed by atoms with Gasteiger partial charge in [-0.3, -0.25) is 9.78 Å². The molecule has 0 saturated heterocycles. The molecule has 0 radical (unpaired) electrons. The largest absolute Gasteiger partial charge is 0.358 e. The van der Waals surface area contributed by atoms with Crippen molar-refractivity contribution in [2.45, 2.75) is 20.3 Å². The Bertz CT molecular complexity index is 836. The number of rotatable bonds is 4. The zero-order chi connectivity index (χ0) is 16.4. The fraction of sp³-hybridized carbons (Fsp3) is 0.263. The molecule has 0 spiro atoms. The molecule has 0 aliphatic carbocycles. The molecule has 0 aliphatic rings. The van der Waals surface area contributed by atoms with Gasteiger partial charge in [-0.2, -0.15) is 0 Å². The molecule has 0 saturated carbocycles. The van der Waals surface area contributed by atoms with Crippen LogP contribution in [0.3, 0.4) is 0 Å². The van der Waals surface area contributed by atoms with Crippen LogP contribution in [0, 0.1) is 13.8 Å². The van der Waals surface area contributed by atoms with Crippen LogP contribution in [0.1, 0.15) is 27.2 Å².